The van der Waals surface area contributed by atoms with Crippen molar-refractivity contribution in [2.45, 2.75) is 18.9 Å². The molecule has 2 N–H and O–H groups in total. The summed E-state index contributed by atoms with van der Waals surface area (Å²) in [5.74, 6) is -2.93. The maximum atomic E-state index is 12.9. The van der Waals surface area contributed by atoms with E-state index in [1.807, 2.05) is 0 Å². The normalized spacial score (nSPS) is 22.2. The molecule has 0 radical (unpaired) electrons. The zero-order valence-corrected chi connectivity index (χ0v) is 10.00. The molecule has 0 spiro atoms. The van der Waals surface area contributed by atoms with Gasteiger partial charge in [-0.2, -0.15) is 5.10 Å². The number of hydrogen-bond acceptors (Lipinski definition) is 4. The van der Waals surface area contributed by atoms with E-state index in [1.54, 1.807) is 0 Å². The van der Waals surface area contributed by atoms with Crippen molar-refractivity contribution in [2.24, 2.45) is 5.10 Å². The predicted molar refractivity (Wildman–Crippen MR) is 64.6 cm³/mol. The molecule has 1 aromatic carbocycles. The molecule has 0 bridgehead atoms. The van der Waals surface area contributed by atoms with Gasteiger partial charge in [0, 0.05) is 6.42 Å². The third-order valence-corrected chi connectivity index (χ3v) is 2.98. The molecular weight excluding hydrogens is 255 g/mol. The standard InChI is InChI=1S/C12H11FN2O4/c1-12(11(18)19)6-9(10(16)17)14-15(12)8-4-2-7(13)3-5-8/h2-5H,6H2,1H3,(H,16,17)(H,18,19). The van der Waals surface area contributed by atoms with Gasteiger partial charge in [0.25, 0.3) is 0 Å². The van der Waals surface area contributed by atoms with Crippen LogP contribution in [0, 0.1) is 5.82 Å². The molecule has 0 amide bonds. The molecule has 1 aliphatic heterocycles. The quantitative estimate of drug-likeness (QED) is 0.861. The second-order valence-electron chi connectivity index (χ2n) is 4.40. The number of carbonyl (C=O) groups is 2. The Kier molecular flexibility index (Phi) is 2.97. The summed E-state index contributed by atoms with van der Waals surface area (Å²) in [7, 11) is 0. The van der Waals surface area contributed by atoms with Gasteiger partial charge in [-0.3, -0.25) is 0 Å². The SMILES string of the molecule is CC1(C(=O)O)CC(C(=O)O)=NN1c1ccc(F)cc1. The molecule has 0 saturated carbocycles. The average Bonchev–Trinajstić information content (AvgIpc) is 2.70. The summed E-state index contributed by atoms with van der Waals surface area (Å²) >= 11 is 0. The second-order valence-corrected chi connectivity index (χ2v) is 4.40. The molecule has 1 heterocycles. The summed E-state index contributed by atoms with van der Waals surface area (Å²) in [6.45, 7) is 1.37. The van der Waals surface area contributed by atoms with Crippen molar-refractivity contribution >= 4 is 23.3 Å². The molecule has 2 rings (SSSR count). The van der Waals surface area contributed by atoms with Crippen LogP contribution in [-0.4, -0.2) is 33.4 Å². The first-order valence-corrected chi connectivity index (χ1v) is 5.44. The minimum absolute atomic E-state index is 0.227. The van der Waals surface area contributed by atoms with E-state index in [2.05, 4.69) is 5.10 Å². The van der Waals surface area contributed by atoms with Crippen molar-refractivity contribution < 1.29 is 24.2 Å². The number of rotatable bonds is 3. The van der Waals surface area contributed by atoms with Crippen LogP contribution in [0.4, 0.5) is 10.1 Å². The molecule has 0 aliphatic carbocycles. The molecule has 0 saturated heterocycles. The maximum absolute atomic E-state index is 12.9. The van der Waals surface area contributed by atoms with Crippen LogP contribution in [-0.2, 0) is 9.59 Å². The van der Waals surface area contributed by atoms with Crippen molar-refractivity contribution in [3.05, 3.63) is 30.1 Å². The lowest BCUT2D eigenvalue weighted by Gasteiger charge is -2.29. The van der Waals surface area contributed by atoms with Crippen LogP contribution in [0.1, 0.15) is 13.3 Å². The maximum Gasteiger partial charge on any atom is 0.352 e. The van der Waals surface area contributed by atoms with Gasteiger partial charge in [-0.25, -0.2) is 19.0 Å². The fourth-order valence-corrected chi connectivity index (χ4v) is 1.88. The van der Waals surface area contributed by atoms with Crippen LogP contribution in [0.25, 0.3) is 0 Å². The Labute approximate surface area is 107 Å². The molecule has 100 valence electrons. The van der Waals surface area contributed by atoms with Gasteiger partial charge < -0.3 is 10.2 Å². The van der Waals surface area contributed by atoms with Crippen LogP contribution >= 0.6 is 0 Å². The summed E-state index contributed by atoms with van der Waals surface area (Å²) in [5.41, 5.74) is -1.41. The Morgan fingerprint density at radius 2 is 1.89 bits per heavy atom. The van der Waals surface area contributed by atoms with Gasteiger partial charge in [-0.15, -0.1) is 0 Å². The van der Waals surface area contributed by atoms with E-state index in [0.29, 0.717) is 5.69 Å². The average molecular weight is 266 g/mol. The van der Waals surface area contributed by atoms with Gasteiger partial charge in [0.15, 0.2) is 5.54 Å². The van der Waals surface area contributed by atoms with E-state index >= 15 is 0 Å². The van der Waals surface area contributed by atoms with Gasteiger partial charge in [0.1, 0.15) is 11.5 Å². The van der Waals surface area contributed by atoms with E-state index in [9.17, 15) is 19.1 Å². The van der Waals surface area contributed by atoms with Gasteiger partial charge in [0.2, 0.25) is 0 Å². The van der Waals surface area contributed by atoms with E-state index in [-0.39, 0.29) is 12.1 Å². The highest BCUT2D eigenvalue weighted by molar-refractivity contribution is 6.37. The van der Waals surface area contributed by atoms with Crippen LogP contribution < -0.4 is 5.01 Å². The highest BCUT2D eigenvalue weighted by Crippen LogP contribution is 2.33. The first kappa shape index (κ1) is 13.0. The second kappa shape index (κ2) is 4.34. The van der Waals surface area contributed by atoms with E-state index in [1.165, 1.54) is 19.1 Å². The molecule has 1 unspecified atom stereocenters. The molecule has 19 heavy (non-hydrogen) atoms. The Morgan fingerprint density at radius 3 is 2.37 bits per heavy atom. The molecule has 1 aromatic rings. The number of aliphatic carboxylic acids is 2. The summed E-state index contributed by atoms with van der Waals surface area (Å²) in [4.78, 5) is 22.3. The highest BCUT2D eigenvalue weighted by atomic mass is 19.1. The Hall–Kier alpha value is -2.44. The lowest BCUT2D eigenvalue weighted by Crippen LogP contribution is -2.47. The van der Waals surface area contributed by atoms with Crippen LogP contribution in [0.5, 0.6) is 0 Å². The number of nitrogens with zero attached hydrogens (tertiary/aromatic N) is 2. The van der Waals surface area contributed by atoms with Gasteiger partial charge in [-0.05, 0) is 31.2 Å². The summed E-state index contributed by atoms with van der Waals surface area (Å²) in [6.07, 6.45) is -0.227. The zero-order chi connectivity index (χ0) is 14.2. The van der Waals surface area contributed by atoms with Crippen molar-refractivity contribution in [3.63, 3.8) is 0 Å². The molecule has 7 heteroatoms. The number of carboxylic acid groups (broad SMARTS) is 2. The van der Waals surface area contributed by atoms with E-state index in [4.69, 9.17) is 5.11 Å². The van der Waals surface area contributed by atoms with Gasteiger partial charge in [-0.1, -0.05) is 0 Å². The number of halogens is 1. The van der Waals surface area contributed by atoms with Crippen LogP contribution in [0.3, 0.4) is 0 Å². The number of hydrazone groups is 1. The first-order valence-electron chi connectivity index (χ1n) is 5.44. The number of hydrogen-bond donors (Lipinski definition) is 2. The monoisotopic (exact) mass is 266 g/mol. The predicted octanol–water partition coefficient (Wildman–Crippen LogP) is 1.32. The zero-order valence-electron chi connectivity index (χ0n) is 10.00. The third kappa shape index (κ3) is 2.14. The minimum atomic E-state index is -1.49. The third-order valence-electron chi connectivity index (χ3n) is 2.98. The van der Waals surface area contributed by atoms with Crippen molar-refractivity contribution in [3.8, 4) is 0 Å². The topological polar surface area (TPSA) is 90.2 Å². The number of carboxylic acids is 2. The number of benzene rings is 1. The van der Waals surface area contributed by atoms with Crippen LogP contribution in [0.15, 0.2) is 29.4 Å². The van der Waals surface area contributed by atoms with Gasteiger partial charge >= 0.3 is 11.9 Å². The van der Waals surface area contributed by atoms with E-state index < -0.39 is 23.3 Å². The molecule has 6 nitrogen and oxygen atoms in total. The highest BCUT2D eigenvalue weighted by Gasteiger charge is 2.47. The number of anilines is 1. The first-order chi connectivity index (χ1) is 8.84. The Balaban J connectivity index is 2.47. The summed E-state index contributed by atoms with van der Waals surface area (Å²) < 4.78 is 12.9. The fourth-order valence-electron chi connectivity index (χ4n) is 1.88. The molecule has 1 atom stereocenters. The van der Waals surface area contributed by atoms with Crippen molar-refractivity contribution in [2.75, 3.05) is 5.01 Å². The Morgan fingerprint density at radius 1 is 1.32 bits per heavy atom. The molecular formula is C12H11FN2O4. The Bertz CT molecular complexity index is 570. The largest absolute Gasteiger partial charge is 0.479 e. The summed E-state index contributed by atoms with van der Waals surface area (Å²) in [5, 5.41) is 23.1. The molecule has 0 fully saturated rings. The lowest BCUT2D eigenvalue weighted by molar-refractivity contribution is -0.142. The van der Waals surface area contributed by atoms with Gasteiger partial charge in [0.05, 0.1) is 5.69 Å². The van der Waals surface area contributed by atoms with Crippen molar-refractivity contribution in [1.29, 1.82) is 0 Å². The smallest absolute Gasteiger partial charge is 0.352 e. The lowest BCUT2D eigenvalue weighted by atomic mass is 9.95. The fraction of sp³-hybridized carbons (Fsp3) is 0.250. The van der Waals surface area contributed by atoms with Crippen LogP contribution in [0.2, 0.25) is 0 Å². The molecule has 1 aliphatic rings. The summed E-state index contributed by atoms with van der Waals surface area (Å²) in [6, 6.07) is 5.02. The van der Waals surface area contributed by atoms with E-state index in [0.717, 1.165) is 17.1 Å². The minimum Gasteiger partial charge on any atom is -0.479 e. The molecule has 0 aromatic heterocycles. The van der Waals surface area contributed by atoms with Crippen molar-refractivity contribution in [1.82, 2.24) is 0 Å².